The molecule has 0 spiro atoms. The van der Waals surface area contributed by atoms with Gasteiger partial charge in [0.25, 0.3) is 5.91 Å². The maximum atomic E-state index is 13.1. The lowest BCUT2D eigenvalue weighted by Crippen LogP contribution is -2.42. The van der Waals surface area contributed by atoms with Crippen molar-refractivity contribution in [2.45, 2.75) is 38.3 Å². The van der Waals surface area contributed by atoms with Crippen molar-refractivity contribution >= 4 is 15.9 Å². The zero-order valence-electron chi connectivity index (χ0n) is 19.7. The first-order valence-corrected chi connectivity index (χ1v) is 12.4. The van der Waals surface area contributed by atoms with E-state index in [2.05, 4.69) is 4.74 Å². The van der Waals surface area contributed by atoms with Gasteiger partial charge < -0.3 is 14.4 Å². The molecule has 0 saturated carbocycles. The minimum atomic E-state index is -3.64. The van der Waals surface area contributed by atoms with E-state index in [0.717, 1.165) is 6.42 Å². The Bertz CT molecular complexity index is 1100. The zero-order chi connectivity index (χ0) is 25.0. The first-order valence-electron chi connectivity index (χ1n) is 11.0. The molecule has 1 aliphatic rings. The van der Waals surface area contributed by atoms with Crippen LogP contribution < -0.4 is 9.47 Å². The van der Waals surface area contributed by atoms with Crippen molar-refractivity contribution in [2.75, 3.05) is 27.2 Å². The molecule has 2 aromatic rings. The zero-order valence-corrected chi connectivity index (χ0v) is 20.5. The third-order valence-corrected chi connectivity index (χ3v) is 7.63. The summed E-state index contributed by atoms with van der Waals surface area (Å²) in [4.78, 5) is 14.4. The number of halogens is 2. The van der Waals surface area contributed by atoms with Crippen LogP contribution in [0, 0.1) is 11.8 Å². The number of ether oxygens (including phenoxy) is 2. The van der Waals surface area contributed by atoms with Gasteiger partial charge >= 0.3 is 6.61 Å². The van der Waals surface area contributed by atoms with Crippen LogP contribution in [-0.2, 0) is 16.6 Å². The largest absolute Gasteiger partial charge is 0.493 e. The van der Waals surface area contributed by atoms with E-state index in [9.17, 15) is 22.0 Å². The molecule has 1 heterocycles. The number of rotatable bonds is 8. The number of sulfonamides is 1. The lowest BCUT2D eigenvalue weighted by atomic mass is 9.94. The van der Waals surface area contributed by atoms with Crippen LogP contribution in [-0.4, -0.2) is 57.4 Å². The number of carbonyl (C=O) groups is 1. The molecule has 1 saturated heterocycles. The highest BCUT2D eigenvalue weighted by Crippen LogP contribution is 2.30. The number of methoxy groups -OCH3 is 1. The molecular formula is C24H30F2N2O5S. The monoisotopic (exact) mass is 496 g/mol. The van der Waals surface area contributed by atoms with Crippen molar-refractivity contribution in [3.05, 3.63) is 53.6 Å². The highest BCUT2D eigenvalue weighted by atomic mass is 32.2. The smallest absolute Gasteiger partial charge is 0.387 e. The highest BCUT2D eigenvalue weighted by Gasteiger charge is 2.31. The maximum Gasteiger partial charge on any atom is 0.387 e. The SMILES string of the molecule is COc1ccc(CN(C)C(=O)c2ccc(S(=O)(=O)N3CC(C)CC(C)C3)cc2)cc1OC(F)F. The van der Waals surface area contributed by atoms with Crippen molar-refractivity contribution in [3.63, 3.8) is 0 Å². The molecule has 3 rings (SSSR count). The fourth-order valence-electron chi connectivity index (χ4n) is 4.29. The number of hydrogen-bond acceptors (Lipinski definition) is 5. The van der Waals surface area contributed by atoms with Gasteiger partial charge in [-0.05, 0) is 60.2 Å². The second-order valence-corrected chi connectivity index (χ2v) is 10.8. The van der Waals surface area contributed by atoms with Crippen molar-refractivity contribution < 1.29 is 31.5 Å². The van der Waals surface area contributed by atoms with Crippen LogP contribution >= 0.6 is 0 Å². The lowest BCUT2D eigenvalue weighted by Gasteiger charge is -2.34. The standard InChI is InChI=1S/C24H30F2N2O5S/c1-16-11-17(2)14-28(13-16)34(30,31)20-8-6-19(7-9-20)23(29)27(3)15-18-5-10-21(32-4)22(12-18)33-24(25)26/h5-10,12,16-17,24H,11,13-15H2,1-4H3. The van der Waals surface area contributed by atoms with E-state index in [0.29, 0.717) is 24.2 Å². The predicted octanol–water partition coefficient (Wildman–Crippen LogP) is 4.24. The number of benzene rings is 2. The summed E-state index contributed by atoms with van der Waals surface area (Å²) in [7, 11) is -0.722. The van der Waals surface area contributed by atoms with E-state index in [4.69, 9.17) is 4.74 Å². The fraction of sp³-hybridized carbons (Fsp3) is 0.458. The average Bonchev–Trinajstić information content (AvgIpc) is 2.78. The first kappa shape index (κ1) is 25.9. The van der Waals surface area contributed by atoms with E-state index in [1.165, 1.54) is 52.7 Å². The normalized spacial score (nSPS) is 19.1. The highest BCUT2D eigenvalue weighted by molar-refractivity contribution is 7.89. The molecular weight excluding hydrogens is 466 g/mol. The van der Waals surface area contributed by atoms with Crippen LogP contribution in [0.5, 0.6) is 11.5 Å². The minimum absolute atomic E-state index is 0.119. The second-order valence-electron chi connectivity index (χ2n) is 8.82. The van der Waals surface area contributed by atoms with Gasteiger partial charge in [0.15, 0.2) is 11.5 Å². The number of piperidine rings is 1. The van der Waals surface area contributed by atoms with Gasteiger partial charge in [-0.15, -0.1) is 0 Å². The van der Waals surface area contributed by atoms with E-state index in [-0.39, 0.29) is 40.7 Å². The fourth-order valence-corrected chi connectivity index (χ4v) is 5.97. The van der Waals surface area contributed by atoms with Crippen LogP contribution in [0.1, 0.15) is 36.2 Å². The predicted molar refractivity (Wildman–Crippen MR) is 124 cm³/mol. The number of hydrogen-bond donors (Lipinski definition) is 0. The Kier molecular flexibility index (Phi) is 8.14. The Morgan fingerprint density at radius 3 is 2.26 bits per heavy atom. The Hall–Kier alpha value is -2.72. The summed E-state index contributed by atoms with van der Waals surface area (Å²) in [5, 5.41) is 0. The summed E-state index contributed by atoms with van der Waals surface area (Å²) in [6, 6.07) is 10.4. The van der Waals surface area contributed by atoms with E-state index in [1.54, 1.807) is 13.1 Å². The number of nitrogens with zero attached hydrogens (tertiary/aromatic N) is 2. The average molecular weight is 497 g/mol. The molecule has 2 atom stereocenters. The van der Waals surface area contributed by atoms with E-state index in [1.807, 2.05) is 13.8 Å². The van der Waals surface area contributed by atoms with Crippen molar-refractivity contribution in [2.24, 2.45) is 11.8 Å². The van der Waals surface area contributed by atoms with Gasteiger partial charge in [-0.2, -0.15) is 13.1 Å². The molecule has 186 valence electrons. The summed E-state index contributed by atoms with van der Waals surface area (Å²) >= 11 is 0. The molecule has 0 aliphatic carbocycles. The van der Waals surface area contributed by atoms with Gasteiger partial charge in [-0.25, -0.2) is 8.42 Å². The van der Waals surface area contributed by atoms with Crippen LogP contribution in [0.3, 0.4) is 0 Å². The summed E-state index contributed by atoms with van der Waals surface area (Å²) in [5.41, 5.74) is 0.888. The summed E-state index contributed by atoms with van der Waals surface area (Å²) in [6.07, 6.45) is 0.996. The van der Waals surface area contributed by atoms with Gasteiger partial charge in [-0.3, -0.25) is 4.79 Å². The first-order chi connectivity index (χ1) is 16.0. The number of carbonyl (C=O) groups excluding carboxylic acids is 1. The molecule has 10 heteroatoms. The van der Waals surface area contributed by atoms with Crippen LogP contribution in [0.25, 0.3) is 0 Å². The quantitative estimate of drug-likeness (QED) is 0.547. The maximum absolute atomic E-state index is 13.1. The number of amides is 1. The van der Waals surface area contributed by atoms with Crippen molar-refractivity contribution in [3.8, 4) is 11.5 Å². The van der Waals surface area contributed by atoms with E-state index < -0.39 is 16.6 Å². The van der Waals surface area contributed by atoms with Crippen LogP contribution in [0.2, 0.25) is 0 Å². The molecule has 0 aromatic heterocycles. The third-order valence-electron chi connectivity index (χ3n) is 5.78. The molecule has 34 heavy (non-hydrogen) atoms. The van der Waals surface area contributed by atoms with E-state index >= 15 is 0 Å². The second kappa shape index (κ2) is 10.7. The van der Waals surface area contributed by atoms with Gasteiger partial charge in [0.1, 0.15) is 0 Å². The van der Waals surface area contributed by atoms with Crippen molar-refractivity contribution in [1.82, 2.24) is 9.21 Å². The van der Waals surface area contributed by atoms with Gasteiger partial charge in [0, 0.05) is 32.2 Å². The molecule has 7 nitrogen and oxygen atoms in total. The molecule has 2 unspecified atom stereocenters. The molecule has 1 amide bonds. The Morgan fingerprint density at radius 1 is 1.09 bits per heavy atom. The molecule has 1 aliphatic heterocycles. The van der Waals surface area contributed by atoms with Crippen LogP contribution in [0.4, 0.5) is 8.78 Å². The summed E-state index contributed by atoms with van der Waals surface area (Å²) in [5.74, 6) is 0.283. The lowest BCUT2D eigenvalue weighted by molar-refractivity contribution is -0.0512. The Morgan fingerprint density at radius 2 is 1.71 bits per heavy atom. The molecule has 0 radical (unpaired) electrons. The van der Waals surface area contributed by atoms with Gasteiger partial charge in [-0.1, -0.05) is 19.9 Å². The molecule has 2 aromatic carbocycles. The summed E-state index contributed by atoms with van der Waals surface area (Å²) in [6.45, 7) is 2.17. The minimum Gasteiger partial charge on any atom is -0.493 e. The molecule has 0 N–H and O–H groups in total. The van der Waals surface area contributed by atoms with Crippen LogP contribution in [0.15, 0.2) is 47.4 Å². The summed E-state index contributed by atoms with van der Waals surface area (Å²) < 4.78 is 62.5. The topological polar surface area (TPSA) is 76.2 Å². The molecule has 0 bridgehead atoms. The van der Waals surface area contributed by atoms with Gasteiger partial charge in [0.05, 0.1) is 12.0 Å². The Balaban J connectivity index is 1.72. The number of alkyl halides is 2. The van der Waals surface area contributed by atoms with Crippen molar-refractivity contribution in [1.29, 1.82) is 0 Å². The third kappa shape index (κ3) is 6.04. The van der Waals surface area contributed by atoms with Gasteiger partial charge in [0.2, 0.25) is 10.0 Å². The molecule has 1 fully saturated rings. The Labute approximate surface area is 199 Å².